The molecule has 88 valence electrons. The van der Waals surface area contributed by atoms with E-state index in [1.165, 1.54) is 11.8 Å². The first-order valence-electron chi connectivity index (χ1n) is 4.99. The molecule has 0 saturated carbocycles. The van der Waals surface area contributed by atoms with Crippen molar-refractivity contribution in [3.63, 3.8) is 0 Å². The molecule has 0 aliphatic carbocycles. The molecule has 0 radical (unpaired) electrons. The molecule has 0 bridgehead atoms. The summed E-state index contributed by atoms with van der Waals surface area (Å²) in [6.45, 7) is 0. The van der Waals surface area contributed by atoms with Crippen LogP contribution in [0, 0.1) is 0 Å². The van der Waals surface area contributed by atoms with E-state index in [-0.39, 0.29) is 5.75 Å². The number of hydrogen-bond acceptors (Lipinski definition) is 3. The third kappa shape index (κ3) is 3.17. The second-order valence-corrected chi connectivity index (χ2v) is 5.42. The molecule has 1 N–H and O–H groups in total. The van der Waals surface area contributed by atoms with Gasteiger partial charge in [-0.25, -0.2) is 0 Å². The minimum absolute atomic E-state index is 0.234. The maximum Gasteiger partial charge on any atom is 0.133 e. The molecule has 0 fully saturated rings. The summed E-state index contributed by atoms with van der Waals surface area (Å²) in [4.78, 5) is 1.89. The average molecular weight is 311 g/mol. The van der Waals surface area contributed by atoms with Crippen molar-refractivity contribution in [1.82, 2.24) is 0 Å². The smallest absolute Gasteiger partial charge is 0.133 e. The van der Waals surface area contributed by atoms with Crippen LogP contribution in [0.2, 0.25) is 0 Å². The van der Waals surface area contributed by atoms with Gasteiger partial charge in [0.1, 0.15) is 11.5 Å². The van der Waals surface area contributed by atoms with Crippen molar-refractivity contribution in [3.05, 3.63) is 46.9 Å². The van der Waals surface area contributed by atoms with Crippen LogP contribution in [0.5, 0.6) is 11.5 Å². The number of halogens is 1. The number of phenols is 1. The molecule has 0 unspecified atom stereocenters. The topological polar surface area (TPSA) is 29.5 Å². The van der Waals surface area contributed by atoms with Crippen LogP contribution in [0.25, 0.3) is 0 Å². The fraction of sp³-hybridized carbons (Fsp3) is 0.0769. The fourth-order valence-corrected chi connectivity index (χ4v) is 2.43. The number of aromatic hydroxyl groups is 1. The van der Waals surface area contributed by atoms with E-state index in [9.17, 15) is 5.11 Å². The van der Waals surface area contributed by atoms with E-state index in [0.717, 1.165) is 14.3 Å². The molecule has 0 aromatic heterocycles. The Labute approximate surface area is 113 Å². The Bertz CT molecular complexity index is 511. The van der Waals surface area contributed by atoms with E-state index >= 15 is 0 Å². The molecule has 0 aliphatic rings. The Kier molecular flexibility index (Phi) is 3.97. The third-order valence-electron chi connectivity index (χ3n) is 2.21. The van der Waals surface area contributed by atoms with Crippen molar-refractivity contribution >= 4 is 27.7 Å². The summed E-state index contributed by atoms with van der Waals surface area (Å²) >= 11 is 4.90. The first kappa shape index (κ1) is 12.3. The predicted molar refractivity (Wildman–Crippen MR) is 72.9 cm³/mol. The maximum absolute atomic E-state index is 9.83. The van der Waals surface area contributed by atoms with Gasteiger partial charge in [0.15, 0.2) is 0 Å². The number of ether oxygens (including phenoxy) is 1. The van der Waals surface area contributed by atoms with E-state index in [1.54, 1.807) is 13.2 Å². The van der Waals surface area contributed by atoms with Gasteiger partial charge in [0.05, 0.1) is 12.0 Å². The van der Waals surface area contributed by atoms with Gasteiger partial charge in [0.25, 0.3) is 0 Å². The van der Waals surface area contributed by atoms with Crippen LogP contribution in [0.4, 0.5) is 0 Å². The number of rotatable bonds is 3. The molecule has 0 saturated heterocycles. The zero-order chi connectivity index (χ0) is 12.3. The summed E-state index contributed by atoms with van der Waals surface area (Å²) in [6, 6.07) is 13.2. The van der Waals surface area contributed by atoms with Crippen LogP contribution in [-0.2, 0) is 0 Å². The molecule has 2 aromatic carbocycles. The van der Waals surface area contributed by atoms with E-state index in [2.05, 4.69) is 15.9 Å². The molecule has 2 aromatic rings. The van der Waals surface area contributed by atoms with Gasteiger partial charge in [0.2, 0.25) is 0 Å². The zero-order valence-electron chi connectivity index (χ0n) is 9.18. The Morgan fingerprint density at radius 3 is 2.41 bits per heavy atom. The van der Waals surface area contributed by atoms with Crippen molar-refractivity contribution in [1.29, 1.82) is 0 Å². The second kappa shape index (κ2) is 5.47. The molecule has 2 rings (SSSR count). The van der Waals surface area contributed by atoms with Crippen LogP contribution in [0.3, 0.4) is 0 Å². The molecular formula is C13H11BrO2S. The summed E-state index contributed by atoms with van der Waals surface area (Å²) in [6.07, 6.45) is 0. The van der Waals surface area contributed by atoms with Gasteiger partial charge >= 0.3 is 0 Å². The van der Waals surface area contributed by atoms with Gasteiger partial charge < -0.3 is 9.84 Å². The minimum atomic E-state index is 0.234. The lowest BCUT2D eigenvalue weighted by Crippen LogP contribution is -1.82. The van der Waals surface area contributed by atoms with Crippen LogP contribution >= 0.6 is 27.7 Å². The van der Waals surface area contributed by atoms with Crippen LogP contribution in [-0.4, -0.2) is 12.2 Å². The van der Waals surface area contributed by atoms with E-state index in [0.29, 0.717) is 5.75 Å². The van der Waals surface area contributed by atoms with Crippen molar-refractivity contribution in [3.8, 4) is 11.5 Å². The van der Waals surface area contributed by atoms with Gasteiger partial charge in [-0.15, -0.1) is 0 Å². The normalized spacial score (nSPS) is 10.2. The van der Waals surface area contributed by atoms with Crippen molar-refractivity contribution in [2.24, 2.45) is 0 Å². The average Bonchev–Trinajstić information content (AvgIpc) is 2.34. The van der Waals surface area contributed by atoms with Crippen LogP contribution in [0.15, 0.2) is 56.7 Å². The summed E-state index contributed by atoms with van der Waals surface area (Å²) in [5.41, 5.74) is 0. The highest BCUT2D eigenvalue weighted by atomic mass is 79.9. The molecule has 0 spiro atoms. The first-order valence-corrected chi connectivity index (χ1v) is 6.60. The number of hydrogen-bond donors (Lipinski definition) is 1. The van der Waals surface area contributed by atoms with Crippen molar-refractivity contribution in [2.45, 2.75) is 9.79 Å². The van der Waals surface area contributed by atoms with Gasteiger partial charge in [-0.2, -0.15) is 0 Å². The highest BCUT2D eigenvalue weighted by Gasteiger charge is 2.05. The molecule has 17 heavy (non-hydrogen) atoms. The van der Waals surface area contributed by atoms with E-state index in [1.807, 2.05) is 36.4 Å². The highest BCUT2D eigenvalue weighted by Crippen LogP contribution is 2.36. The largest absolute Gasteiger partial charge is 0.507 e. The third-order valence-corrected chi connectivity index (χ3v) is 3.81. The molecular weight excluding hydrogens is 300 g/mol. The highest BCUT2D eigenvalue weighted by molar-refractivity contribution is 9.10. The Hall–Kier alpha value is -1.13. The lowest BCUT2D eigenvalue weighted by molar-refractivity contribution is 0.405. The van der Waals surface area contributed by atoms with Gasteiger partial charge in [-0.3, -0.25) is 0 Å². The molecule has 0 heterocycles. The Balaban J connectivity index is 2.21. The van der Waals surface area contributed by atoms with Gasteiger partial charge in [-0.1, -0.05) is 27.7 Å². The Morgan fingerprint density at radius 2 is 1.82 bits per heavy atom. The molecule has 2 nitrogen and oxygen atoms in total. The van der Waals surface area contributed by atoms with Gasteiger partial charge in [0, 0.05) is 15.4 Å². The maximum atomic E-state index is 9.83. The van der Waals surface area contributed by atoms with E-state index in [4.69, 9.17) is 4.74 Å². The molecule has 0 atom stereocenters. The summed E-state index contributed by atoms with van der Waals surface area (Å²) in [5.74, 6) is 0.889. The summed E-state index contributed by atoms with van der Waals surface area (Å²) < 4.78 is 6.08. The number of phenolic OH excluding ortho intramolecular Hbond substituents is 1. The predicted octanol–water partition coefficient (Wildman–Crippen LogP) is 4.31. The lowest BCUT2D eigenvalue weighted by atomic mass is 10.3. The fourth-order valence-electron chi connectivity index (χ4n) is 1.34. The number of methoxy groups -OCH3 is 1. The number of benzene rings is 2. The Morgan fingerprint density at radius 1 is 1.12 bits per heavy atom. The van der Waals surface area contributed by atoms with E-state index < -0.39 is 0 Å². The summed E-state index contributed by atoms with van der Waals surface area (Å²) in [5, 5.41) is 9.83. The SMILES string of the molecule is COc1ccc(Sc2ccc(Br)cc2)c(O)c1. The van der Waals surface area contributed by atoms with Crippen molar-refractivity contribution in [2.75, 3.05) is 7.11 Å². The van der Waals surface area contributed by atoms with Crippen molar-refractivity contribution < 1.29 is 9.84 Å². The second-order valence-electron chi connectivity index (χ2n) is 3.39. The minimum Gasteiger partial charge on any atom is -0.507 e. The monoisotopic (exact) mass is 310 g/mol. The summed E-state index contributed by atoms with van der Waals surface area (Å²) in [7, 11) is 1.58. The standard InChI is InChI=1S/C13H11BrO2S/c1-16-10-4-7-13(12(15)8-10)17-11-5-2-9(14)3-6-11/h2-8,15H,1H3. The molecule has 4 heteroatoms. The van der Waals surface area contributed by atoms with Gasteiger partial charge in [-0.05, 0) is 36.4 Å². The quantitative estimate of drug-likeness (QED) is 0.915. The first-order chi connectivity index (χ1) is 8.19. The molecule has 0 amide bonds. The van der Waals surface area contributed by atoms with Crippen LogP contribution < -0.4 is 4.74 Å². The lowest BCUT2D eigenvalue weighted by Gasteiger charge is -2.06. The molecule has 0 aliphatic heterocycles. The van der Waals surface area contributed by atoms with Crippen LogP contribution in [0.1, 0.15) is 0 Å². The zero-order valence-corrected chi connectivity index (χ0v) is 11.6.